The summed E-state index contributed by atoms with van der Waals surface area (Å²) in [6.07, 6.45) is 7.41. The van der Waals surface area contributed by atoms with Crippen LogP contribution in [0, 0.1) is 0 Å². The van der Waals surface area contributed by atoms with Gasteiger partial charge in [-0.05, 0) is 30.7 Å². The fourth-order valence-corrected chi connectivity index (χ4v) is 4.02. The first-order chi connectivity index (χ1) is 15.2. The molecule has 4 aromatic rings. The van der Waals surface area contributed by atoms with E-state index in [0.717, 1.165) is 47.3 Å². The highest BCUT2D eigenvalue weighted by Gasteiger charge is 2.20. The molecule has 31 heavy (non-hydrogen) atoms. The number of H-pyrrole nitrogens is 1. The highest BCUT2D eigenvalue weighted by atomic mass is 15.4. The third-order valence-electron chi connectivity index (χ3n) is 5.77. The fraction of sp³-hybridized carbons (Fsp3) is 0.391. The summed E-state index contributed by atoms with van der Waals surface area (Å²) in [5.74, 6) is 2.66. The van der Waals surface area contributed by atoms with Crippen LogP contribution in [-0.2, 0) is 6.54 Å². The Balaban J connectivity index is 1.44. The first kappa shape index (κ1) is 19.5. The zero-order valence-corrected chi connectivity index (χ0v) is 18.0. The van der Waals surface area contributed by atoms with E-state index in [1.807, 2.05) is 35.1 Å². The van der Waals surface area contributed by atoms with Crippen LogP contribution in [0.5, 0.6) is 0 Å². The molecule has 4 heterocycles. The van der Waals surface area contributed by atoms with E-state index in [0.29, 0.717) is 18.4 Å². The number of benzene rings is 1. The van der Waals surface area contributed by atoms with Crippen LogP contribution >= 0.6 is 0 Å². The Hall–Kier alpha value is -3.42. The highest BCUT2D eigenvalue weighted by molar-refractivity contribution is 5.58. The summed E-state index contributed by atoms with van der Waals surface area (Å²) < 4.78 is 1.81. The minimum Gasteiger partial charge on any atom is -0.347 e. The zero-order valence-electron chi connectivity index (χ0n) is 18.0. The van der Waals surface area contributed by atoms with Crippen molar-refractivity contribution >= 4 is 17.5 Å². The predicted molar refractivity (Wildman–Crippen MR) is 122 cm³/mol. The lowest BCUT2D eigenvalue weighted by Crippen LogP contribution is -2.31. The molecule has 0 bridgehead atoms. The summed E-state index contributed by atoms with van der Waals surface area (Å²) in [6, 6.07) is 10.2. The average Bonchev–Trinajstić information content (AvgIpc) is 3.46. The molecule has 8 nitrogen and oxygen atoms in total. The van der Waals surface area contributed by atoms with Crippen molar-refractivity contribution in [3.05, 3.63) is 54.1 Å². The number of piperidine rings is 1. The Kier molecular flexibility index (Phi) is 5.28. The van der Waals surface area contributed by atoms with Gasteiger partial charge in [0.25, 0.3) is 0 Å². The Labute approximate surface area is 181 Å². The molecule has 0 radical (unpaired) electrons. The number of rotatable bonds is 6. The number of fused-ring (bicyclic) bond motifs is 1. The maximum Gasteiger partial charge on any atom is 0.230 e. The van der Waals surface area contributed by atoms with Crippen molar-refractivity contribution in [2.75, 3.05) is 23.3 Å². The predicted octanol–water partition coefficient (Wildman–Crippen LogP) is 4.24. The van der Waals surface area contributed by atoms with Gasteiger partial charge in [0.15, 0.2) is 5.65 Å². The van der Waals surface area contributed by atoms with Crippen molar-refractivity contribution in [1.82, 2.24) is 29.5 Å². The molecule has 0 aliphatic carbocycles. The lowest BCUT2D eigenvalue weighted by atomic mass is 10.1. The molecule has 0 spiro atoms. The molecule has 5 rings (SSSR count). The SMILES string of the molecule is CC(C)c1cnn2c(NCc3ncc(-c4ccccc4)[nH]3)nc(N3CCCCC3)nc12. The number of anilines is 2. The molecule has 1 aromatic carbocycles. The number of aromatic nitrogens is 6. The van der Waals surface area contributed by atoms with E-state index in [2.05, 4.69) is 51.3 Å². The van der Waals surface area contributed by atoms with Gasteiger partial charge in [-0.3, -0.25) is 0 Å². The van der Waals surface area contributed by atoms with E-state index in [1.165, 1.54) is 19.3 Å². The fourth-order valence-electron chi connectivity index (χ4n) is 4.02. The number of aromatic amines is 1. The molecule has 8 heteroatoms. The number of hydrogen-bond donors (Lipinski definition) is 2. The van der Waals surface area contributed by atoms with Crippen LogP contribution in [0.15, 0.2) is 42.7 Å². The summed E-state index contributed by atoms with van der Waals surface area (Å²) >= 11 is 0. The van der Waals surface area contributed by atoms with E-state index in [9.17, 15) is 0 Å². The van der Waals surface area contributed by atoms with Gasteiger partial charge in [0.05, 0.1) is 24.6 Å². The number of nitrogens with zero attached hydrogens (tertiary/aromatic N) is 6. The molecule has 0 saturated carbocycles. The summed E-state index contributed by atoms with van der Waals surface area (Å²) in [4.78, 5) is 19.9. The Morgan fingerprint density at radius 3 is 2.61 bits per heavy atom. The van der Waals surface area contributed by atoms with Gasteiger partial charge < -0.3 is 15.2 Å². The minimum atomic E-state index is 0.341. The van der Waals surface area contributed by atoms with E-state index < -0.39 is 0 Å². The smallest absolute Gasteiger partial charge is 0.230 e. The van der Waals surface area contributed by atoms with Crippen molar-refractivity contribution in [2.45, 2.75) is 45.6 Å². The lowest BCUT2D eigenvalue weighted by Gasteiger charge is -2.27. The van der Waals surface area contributed by atoms with Crippen molar-refractivity contribution in [2.24, 2.45) is 0 Å². The summed E-state index contributed by atoms with van der Waals surface area (Å²) in [5.41, 5.74) is 4.12. The van der Waals surface area contributed by atoms with Crippen LogP contribution in [0.4, 0.5) is 11.9 Å². The average molecular weight is 417 g/mol. The van der Waals surface area contributed by atoms with Gasteiger partial charge in [-0.2, -0.15) is 19.6 Å². The molecule has 3 aromatic heterocycles. The third kappa shape index (κ3) is 3.97. The number of nitrogens with one attached hydrogen (secondary N) is 2. The van der Waals surface area contributed by atoms with E-state index in [1.54, 1.807) is 0 Å². The van der Waals surface area contributed by atoms with E-state index >= 15 is 0 Å². The van der Waals surface area contributed by atoms with Gasteiger partial charge in [-0.15, -0.1) is 0 Å². The molecule has 1 aliphatic rings. The van der Waals surface area contributed by atoms with E-state index in [4.69, 9.17) is 9.97 Å². The van der Waals surface area contributed by atoms with Crippen LogP contribution in [0.3, 0.4) is 0 Å². The van der Waals surface area contributed by atoms with Gasteiger partial charge in [0.2, 0.25) is 11.9 Å². The molecular weight excluding hydrogens is 388 g/mol. The van der Waals surface area contributed by atoms with Gasteiger partial charge in [0.1, 0.15) is 5.82 Å². The Bertz CT molecular complexity index is 1160. The van der Waals surface area contributed by atoms with Crippen molar-refractivity contribution in [3.63, 3.8) is 0 Å². The van der Waals surface area contributed by atoms with Crippen LogP contribution in [0.1, 0.15) is 50.4 Å². The molecule has 1 aliphatic heterocycles. The van der Waals surface area contributed by atoms with Crippen LogP contribution in [0.25, 0.3) is 16.9 Å². The van der Waals surface area contributed by atoms with Gasteiger partial charge in [0, 0.05) is 18.7 Å². The second-order valence-electron chi connectivity index (χ2n) is 8.35. The topological polar surface area (TPSA) is 87.0 Å². The summed E-state index contributed by atoms with van der Waals surface area (Å²) in [5, 5.41) is 8.00. The standard InChI is InChI=1S/C23H28N8/c1-16(2)18-13-26-31-21(18)28-23(30-11-7-4-8-12-30)29-22(31)25-15-20-24-14-19(27-20)17-9-5-3-6-10-17/h3,5-6,9-10,13-14,16H,4,7-8,11-12,15H2,1-2H3,(H,24,27)(H,25,28,29). The normalized spacial score (nSPS) is 14.5. The molecule has 1 fully saturated rings. The Morgan fingerprint density at radius 1 is 1.03 bits per heavy atom. The van der Waals surface area contributed by atoms with Crippen molar-refractivity contribution < 1.29 is 0 Å². The maximum atomic E-state index is 4.89. The molecule has 0 amide bonds. The quantitative estimate of drug-likeness (QED) is 0.489. The number of imidazole rings is 1. The maximum absolute atomic E-state index is 4.89. The molecule has 160 valence electrons. The summed E-state index contributed by atoms with van der Waals surface area (Å²) in [6.45, 7) is 6.86. The molecule has 2 N–H and O–H groups in total. The first-order valence-electron chi connectivity index (χ1n) is 11.0. The van der Waals surface area contributed by atoms with Gasteiger partial charge in [-0.1, -0.05) is 44.2 Å². The van der Waals surface area contributed by atoms with Gasteiger partial charge >= 0.3 is 0 Å². The van der Waals surface area contributed by atoms with Crippen LogP contribution in [0.2, 0.25) is 0 Å². The molecule has 0 atom stereocenters. The zero-order chi connectivity index (χ0) is 21.2. The van der Waals surface area contributed by atoms with E-state index in [-0.39, 0.29) is 0 Å². The van der Waals surface area contributed by atoms with Crippen LogP contribution in [-0.4, -0.2) is 42.6 Å². The van der Waals surface area contributed by atoms with Gasteiger partial charge in [-0.25, -0.2) is 4.98 Å². The second kappa shape index (κ2) is 8.37. The molecule has 1 saturated heterocycles. The Morgan fingerprint density at radius 2 is 1.84 bits per heavy atom. The third-order valence-corrected chi connectivity index (χ3v) is 5.77. The largest absolute Gasteiger partial charge is 0.347 e. The monoisotopic (exact) mass is 416 g/mol. The van der Waals surface area contributed by atoms with Crippen molar-refractivity contribution in [3.8, 4) is 11.3 Å². The van der Waals surface area contributed by atoms with Crippen molar-refractivity contribution in [1.29, 1.82) is 0 Å². The highest BCUT2D eigenvalue weighted by Crippen LogP contribution is 2.25. The number of hydrogen-bond acceptors (Lipinski definition) is 6. The first-order valence-corrected chi connectivity index (χ1v) is 11.0. The van der Waals surface area contributed by atoms with Crippen LogP contribution < -0.4 is 10.2 Å². The second-order valence-corrected chi connectivity index (χ2v) is 8.35. The molecule has 0 unspecified atom stereocenters. The lowest BCUT2D eigenvalue weighted by molar-refractivity contribution is 0.567. The molecular formula is C23H28N8. The minimum absolute atomic E-state index is 0.341. The summed E-state index contributed by atoms with van der Waals surface area (Å²) in [7, 11) is 0.